The molecule has 0 radical (unpaired) electrons. The van der Waals surface area contributed by atoms with Crippen LogP contribution in [0.2, 0.25) is 5.02 Å². The summed E-state index contributed by atoms with van der Waals surface area (Å²) >= 11 is 6.05. The zero-order chi connectivity index (χ0) is 24.1. The fourth-order valence-electron chi connectivity index (χ4n) is 3.05. The molecule has 0 aromatic heterocycles. The number of non-ortho nitro benzene ring substituents is 1. The third-order valence-electron chi connectivity index (χ3n) is 4.62. The highest BCUT2D eigenvalue weighted by Crippen LogP contribution is 2.35. The second-order valence-electron chi connectivity index (χ2n) is 6.77. The molecule has 9 nitrogen and oxygen atoms in total. The van der Waals surface area contributed by atoms with Crippen molar-refractivity contribution in [3.63, 3.8) is 0 Å². The quantitative estimate of drug-likeness (QED) is 0.335. The molecule has 0 atom stereocenters. The maximum atomic E-state index is 12.6. The number of rotatable bonds is 6. The molecular formula is C23H19ClN2O7. The number of hydrogen-bond acceptors (Lipinski definition) is 8. The summed E-state index contributed by atoms with van der Waals surface area (Å²) in [5.74, 6) is -1.07. The molecule has 1 heterocycles. The van der Waals surface area contributed by atoms with Crippen LogP contribution in [-0.2, 0) is 19.1 Å². The average molecular weight is 471 g/mol. The molecule has 2 aromatic rings. The van der Waals surface area contributed by atoms with Gasteiger partial charge in [0.05, 0.1) is 36.5 Å². The van der Waals surface area contributed by atoms with Crippen LogP contribution in [0.3, 0.4) is 0 Å². The van der Waals surface area contributed by atoms with Crippen LogP contribution in [0.25, 0.3) is 0 Å². The van der Waals surface area contributed by atoms with E-state index in [2.05, 4.69) is 0 Å². The van der Waals surface area contributed by atoms with Crippen molar-refractivity contribution in [1.29, 1.82) is 0 Å². The van der Waals surface area contributed by atoms with Crippen LogP contribution in [0.4, 0.5) is 11.4 Å². The lowest BCUT2D eigenvalue weighted by Gasteiger charge is -2.23. The number of anilines is 1. The number of carbonyl (C=O) groups is 2. The van der Waals surface area contributed by atoms with E-state index in [1.54, 1.807) is 31.2 Å². The largest absolute Gasteiger partial charge is 0.465 e. The number of carbonyl (C=O) groups excluding carboxylic acids is 2. The van der Waals surface area contributed by atoms with Gasteiger partial charge in [-0.05, 0) is 42.8 Å². The number of methoxy groups -OCH3 is 2. The number of hydrogen-bond donors (Lipinski definition) is 0. The van der Waals surface area contributed by atoms with E-state index >= 15 is 0 Å². The van der Waals surface area contributed by atoms with Crippen LogP contribution in [0.5, 0.6) is 11.5 Å². The van der Waals surface area contributed by atoms with Gasteiger partial charge in [0.1, 0.15) is 17.2 Å². The van der Waals surface area contributed by atoms with Crippen LogP contribution in [0.15, 0.2) is 72.1 Å². The Morgan fingerprint density at radius 1 is 1.00 bits per heavy atom. The number of benzene rings is 2. The Morgan fingerprint density at radius 2 is 1.73 bits per heavy atom. The number of esters is 2. The van der Waals surface area contributed by atoms with E-state index in [-0.39, 0.29) is 28.4 Å². The van der Waals surface area contributed by atoms with Crippen LogP contribution in [-0.4, -0.2) is 31.1 Å². The normalized spacial score (nSPS) is 12.9. The highest BCUT2D eigenvalue weighted by atomic mass is 35.5. The summed E-state index contributed by atoms with van der Waals surface area (Å²) < 4.78 is 15.5. The highest BCUT2D eigenvalue weighted by Gasteiger charge is 2.28. The first-order chi connectivity index (χ1) is 15.7. The first kappa shape index (κ1) is 23.6. The molecule has 1 aliphatic heterocycles. The molecule has 0 N–H and O–H groups in total. The number of aryl methyl sites for hydroxylation is 1. The topological polar surface area (TPSA) is 108 Å². The second-order valence-corrected chi connectivity index (χ2v) is 7.18. The molecule has 0 amide bonds. The Labute approximate surface area is 194 Å². The van der Waals surface area contributed by atoms with Crippen molar-refractivity contribution >= 4 is 34.9 Å². The smallest absolute Gasteiger partial charge is 0.355 e. The third-order valence-corrected chi connectivity index (χ3v) is 5.04. The van der Waals surface area contributed by atoms with Crippen molar-refractivity contribution in [1.82, 2.24) is 0 Å². The molecule has 33 heavy (non-hydrogen) atoms. The van der Waals surface area contributed by atoms with Gasteiger partial charge in [-0.2, -0.15) is 0 Å². The molecule has 10 heteroatoms. The van der Waals surface area contributed by atoms with E-state index in [9.17, 15) is 19.7 Å². The van der Waals surface area contributed by atoms with Gasteiger partial charge >= 0.3 is 11.9 Å². The maximum Gasteiger partial charge on any atom is 0.355 e. The van der Waals surface area contributed by atoms with Crippen LogP contribution in [0.1, 0.15) is 5.56 Å². The van der Waals surface area contributed by atoms with E-state index in [1.165, 1.54) is 48.6 Å². The van der Waals surface area contributed by atoms with Gasteiger partial charge < -0.3 is 19.1 Å². The Morgan fingerprint density at radius 3 is 2.36 bits per heavy atom. The molecule has 2 aromatic carbocycles. The number of nitro groups is 1. The number of allylic oxidation sites excluding steroid dienone is 2. The summed E-state index contributed by atoms with van der Waals surface area (Å²) in [7, 11) is 2.33. The van der Waals surface area contributed by atoms with E-state index in [0.717, 1.165) is 12.7 Å². The minimum absolute atomic E-state index is 0.0864. The SMILES string of the molecule is COC(=O)C1=C(C(=O)OC)N(c2cc(Oc3ccc(Cl)c(C)c3)cc([N+](=O)[O-])c2)C=CC=C1. The summed E-state index contributed by atoms with van der Waals surface area (Å²) in [4.78, 5) is 37.3. The van der Waals surface area contributed by atoms with Crippen molar-refractivity contribution in [3.05, 3.63) is 92.8 Å². The predicted octanol–water partition coefficient (Wildman–Crippen LogP) is 4.84. The standard InChI is InChI=1S/C23H19ClN2O7/c1-14-10-17(7-8-20(14)24)33-18-12-15(11-16(13-18)26(29)30)25-9-5-4-6-19(22(27)31-2)21(25)23(28)32-3/h4-13H,1-3H3. The molecule has 0 spiro atoms. The zero-order valence-corrected chi connectivity index (χ0v) is 18.7. The maximum absolute atomic E-state index is 12.6. The molecule has 0 unspecified atom stereocenters. The van der Waals surface area contributed by atoms with Crippen molar-refractivity contribution in [2.75, 3.05) is 19.1 Å². The number of ether oxygens (including phenoxy) is 3. The van der Waals surface area contributed by atoms with E-state index in [4.69, 9.17) is 25.8 Å². The fourth-order valence-corrected chi connectivity index (χ4v) is 3.17. The van der Waals surface area contributed by atoms with Gasteiger partial charge in [-0.3, -0.25) is 10.1 Å². The average Bonchev–Trinajstić information content (AvgIpc) is 3.03. The molecule has 0 bridgehead atoms. The van der Waals surface area contributed by atoms with Crippen molar-refractivity contribution in [2.24, 2.45) is 0 Å². The van der Waals surface area contributed by atoms with E-state index in [0.29, 0.717) is 10.8 Å². The monoisotopic (exact) mass is 470 g/mol. The van der Waals surface area contributed by atoms with Gasteiger partial charge in [0.25, 0.3) is 5.69 Å². The molecule has 170 valence electrons. The van der Waals surface area contributed by atoms with Crippen molar-refractivity contribution < 1.29 is 28.7 Å². The molecule has 3 rings (SSSR count). The van der Waals surface area contributed by atoms with Crippen LogP contribution < -0.4 is 9.64 Å². The minimum Gasteiger partial charge on any atom is -0.465 e. The van der Waals surface area contributed by atoms with Gasteiger partial charge in [0.15, 0.2) is 0 Å². The van der Waals surface area contributed by atoms with Gasteiger partial charge in [0.2, 0.25) is 0 Å². The summed E-state index contributed by atoms with van der Waals surface area (Å²) in [6.45, 7) is 1.80. The molecule has 1 aliphatic rings. The lowest BCUT2D eigenvalue weighted by molar-refractivity contribution is -0.384. The molecule has 0 saturated heterocycles. The summed E-state index contributed by atoms with van der Waals surface area (Å²) in [6.07, 6.45) is 5.94. The van der Waals surface area contributed by atoms with Crippen molar-refractivity contribution in [3.8, 4) is 11.5 Å². The Balaban J connectivity index is 2.16. The Hall–Kier alpha value is -4.11. The van der Waals surface area contributed by atoms with Gasteiger partial charge in [0, 0.05) is 23.4 Å². The first-order valence-electron chi connectivity index (χ1n) is 9.53. The molecule has 0 saturated carbocycles. The van der Waals surface area contributed by atoms with E-state index < -0.39 is 16.9 Å². The first-order valence-corrected chi connectivity index (χ1v) is 9.91. The Kier molecular flexibility index (Phi) is 7.14. The van der Waals surface area contributed by atoms with Gasteiger partial charge in [-0.15, -0.1) is 0 Å². The summed E-state index contributed by atoms with van der Waals surface area (Å²) in [5, 5.41) is 12.2. The minimum atomic E-state index is -0.839. The lowest BCUT2D eigenvalue weighted by atomic mass is 10.1. The fraction of sp³-hybridized carbons (Fsp3) is 0.130. The lowest BCUT2D eigenvalue weighted by Crippen LogP contribution is -2.27. The van der Waals surface area contributed by atoms with Gasteiger partial charge in [-0.1, -0.05) is 17.7 Å². The Bertz CT molecular complexity index is 1220. The molecule has 0 fully saturated rings. The number of nitrogens with zero attached hydrogens (tertiary/aromatic N) is 2. The van der Waals surface area contributed by atoms with Crippen LogP contribution in [0, 0.1) is 17.0 Å². The predicted molar refractivity (Wildman–Crippen MR) is 121 cm³/mol. The highest BCUT2D eigenvalue weighted by molar-refractivity contribution is 6.31. The zero-order valence-electron chi connectivity index (χ0n) is 17.9. The summed E-state index contributed by atoms with van der Waals surface area (Å²) in [6, 6.07) is 8.94. The number of halogens is 1. The third kappa shape index (κ3) is 5.21. The molecular weight excluding hydrogens is 452 g/mol. The van der Waals surface area contributed by atoms with Gasteiger partial charge in [-0.25, -0.2) is 9.59 Å². The molecule has 0 aliphatic carbocycles. The second kappa shape index (κ2) is 10.0. The van der Waals surface area contributed by atoms with E-state index in [1.807, 2.05) is 0 Å². The summed E-state index contributed by atoms with van der Waals surface area (Å²) in [5.41, 5.74) is 0.397. The van der Waals surface area contributed by atoms with Crippen LogP contribution >= 0.6 is 11.6 Å². The van der Waals surface area contributed by atoms with Crippen molar-refractivity contribution in [2.45, 2.75) is 6.92 Å². The number of nitro benzene ring substituents is 1.